The van der Waals surface area contributed by atoms with Gasteiger partial charge < -0.3 is 35.9 Å². The highest BCUT2D eigenvalue weighted by molar-refractivity contribution is 7.52. The molecule has 0 aromatic heterocycles. The summed E-state index contributed by atoms with van der Waals surface area (Å²) in [4.78, 5) is 71.1. The smallest absolute Gasteiger partial charge is 0.368 e. The van der Waals surface area contributed by atoms with Crippen molar-refractivity contribution in [3.8, 4) is 0 Å². The van der Waals surface area contributed by atoms with E-state index >= 15 is 0 Å². The molecule has 1 atom stereocenters. The van der Waals surface area contributed by atoms with Crippen molar-refractivity contribution in [2.75, 3.05) is 6.54 Å². The number of alkyl halides is 4. The van der Waals surface area contributed by atoms with Crippen LogP contribution in [0.4, 0.5) is 17.6 Å². The Hall–Kier alpha value is -3.13. The second kappa shape index (κ2) is 11.9. The maximum absolute atomic E-state index is 13.8. The number of amides is 3. The van der Waals surface area contributed by atoms with Gasteiger partial charge in [0.05, 0.1) is 13.0 Å². The fourth-order valence-electron chi connectivity index (χ4n) is 3.13. The van der Waals surface area contributed by atoms with E-state index in [1.54, 1.807) is 0 Å². The van der Waals surface area contributed by atoms with Crippen molar-refractivity contribution in [2.24, 2.45) is 5.73 Å². The van der Waals surface area contributed by atoms with Crippen molar-refractivity contribution in [3.05, 3.63) is 70.8 Å². The molecule has 0 aliphatic rings. The Morgan fingerprint density at radius 3 is 1.56 bits per heavy atom. The van der Waals surface area contributed by atoms with Crippen molar-refractivity contribution in [1.29, 1.82) is 0 Å². The Balaban J connectivity index is 1.93. The number of primary amides is 1. The van der Waals surface area contributed by atoms with E-state index in [9.17, 15) is 41.1 Å². The van der Waals surface area contributed by atoms with Gasteiger partial charge in [-0.2, -0.15) is 17.6 Å². The topological polar surface area (TPSA) is 216 Å². The summed E-state index contributed by atoms with van der Waals surface area (Å²) in [6.45, 7) is -0.635. The van der Waals surface area contributed by atoms with Gasteiger partial charge >= 0.3 is 26.5 Å². The van der Waals surface area contributed by atoms with Gasteiger partial charge in [0.15, 0.2) is 0 Å². The molecule has 0 bridgehead atoms. The van der Waals surface area contributed by atoms with Gasteiger partial charge in [0.25, 0.3) is 0 Å². The average molecular weight is 599 g/mol. The van der Waals surface area contributed by atoms with E-state index in [1.807, 2.05) is 0 Å². The van der Waals surface area contributed by atoms with Gasteiger partial charge in [-0.15, -0.1) is 0 Å². The predicted octanol–water partition coefficient (Wildman–Crippen LogP) is 1.01. The van der Waals surface area contributed by atoms with E-state index in [-0.39, 0.29) is 24.0 Å². The van der Waals surface area contributed by atoms with Crippen molar-refractivity contribution in [3.63, 3.8) is 0 Å². The van der Waals surface area contributed by atoms with Gasteiger partial charge in [-0.1, -0.05) is 48.5 Å². The molecule has 39 heavy (non-hydrogen) atoms. The van der Waals surface area contributed by atoms with E-state index in [2.05, 4.69) is 10.6 Å². The van der Waals surface area contributed by atoms with Gasteiger partial charge in [-0.25, -0.2) is 0 Å². The van der Waals surface area contributed by atoms with E-state index in [0.717, 1.165) is 48.5 Å². The fraction of sp³-hybridized carbons (Fsp3) is 0.286. The Kier molecular flexibility index (Phi) is 9.83. The number of hydrogen-bond acceptors (Lipinski definition) is 5. The minimum atomic E-state index is -5.78. The molecule has 8 N–H and O–H groups in total. The summed E-state index contributed by atoms with van der Waals surface area (Å²) in [6.07, 6.45) is -0.664. The molecule has 0 unspecified atom stereocenters. The molecule has 2 aromatic carbocycles. The molecule has 0 radical (unpaired) electrons. The van der Waals surface area contributed by atoms with Crippen molar-refractivity contribution >= 4 is 32.9 Å². The first-order chi connectivity index (χ1) is 17.8. The highest BCUT2D eigenvalue weighted by Crippen LogP contribution is 2.60. The Bertz CT molecular complexity index is 1310. The highest BCUT2D eigenvalue weighted by Gasteiger charge is 2.51. The number of nitrogens with two attached hydrogens (primary N) is 1. The molecule has 12 nitrogen and oxygen atoms in total. The highest BCUT2D eigenvalue weighted by atomic mass is 31.2. The van der Waals surface area contributed by atoms with Crippen LogP contribution in [0.2, 0.25) is 0 Å². The number of carbonyl (C=O) groups is 3. The molecular weight excluding hydrogens is 576 g/mol. The first-order valence-electron chi connectivity index (χ1n) is 10.7. The zero-order valence-electron chi connectivity index (χ0n) is 19.6. The largest absolute Gasteiger partial charge is 0.399 e. The maximum atomic E-state index is 13.8. The quantitative estimate of drug-likeness (QED) is 0.137. The Labute approximate surface area is 217 Å². The maximum Gasteiger partial charge on any atom is 0.399 e. The molecule has 0 spiro atoms. The molecule has 0 saturated carbocycles. The average Bonchev–Trinajstić information content (AvgIpc) is 2.81. The standard InChI is InChI=1S/C21H23F4N3O9P2/c22-20(23,38(32,33)34)14-5-1-12(2-6-14)9-16(19(26)31)28-18(30)11-27-17(29)10-13-3-7-15(8-4-13)21(24,25)39(35,36)37/h1-8,16H,9-11H2,(H2,26,31)(H,27,29)(H,28,30)(H2,32,33,34)(H2,35,36,37)/t16-/m0/s1. The van der Waals surface area contributed by atoms with Gasteiger partial charge in [0.1, 0.15) is 6.04 Å². The van der Waals surface area contributed by atoms with E-state index in [0.29, 0.717) is 0 Å². The van der Waals surface area contributed by atoms with Gasteiger partial charge in [-0.05, 0) is 11.1 Å². The zero-order valence-corrected chi connectivity index (χ0v) is 21.4. The Morgan fingerprint density at radius 1 is 0.769 bits per heavy atom. The third-order valence-electron chi connectivity index (χ3n) is 5.26. The van der Waals surface area contributed by atoms with Gasteiger partial charge in [0.2, 0.25) is 17.7 Å². The molecule has 0 aliphatic heterocycles. The first-order valence-corrected chi connectivity index (χ1v) is 13.9. The summed E-state index contributed by atoms with van der Waals surface area (Å²) in [5, 5.41) is 4.45. The van der Waals surface area contributed by atoms with Crippen LogP contribution in [0, 0.1) is 0 Å². The molecule has 214 valence electrons. The molecule has 2 aromatic rings. The minimum Gasteiger partial charge on any atom is -0.368 e. The van der Waals surface area contributed by atoms with Crippen LogP contribution < -0.4 is 16.4 Å². The van der Waals surface area contributed by atoms with Crippen LogP contribution >= 0.6 is 15.2 Å². The normalized spacial score (nSPS) is 13.4. The van der Waals surface area contributed by atoms with Crippen LogP contribution in [-0.4, -0.2) is 49.9 Å². The molecule has 2 rings (SSSR count). The van der Waals surface area contributed by atoms with Crippen LogP contribution in [0.3, 0.4) is 0 Å². The molecule has 0 heterocycles. The molecule has 18 heteroatoms. The summed E-state index contributed by atoms with van der Waals surface area (Å²) in [7, 11) is -11.5. The second-order valence-corrected chi connectivity index (χ2v) is 11.5. The van der Waals surface area contributed by atoms with Crippen LogP contribution in [0.5, 0.6) is 0 Å². The number of nitrogens with one attached hydrogen (secondary N) is 2. The number of rotatable bonds is 12. The van der Waals surface area contributed by atoms with Crippen molar-refractivity contribution in [1.82, 2.24) is 10.6 Å². The van der Waals surface area contributed by atoms with Crippen LogP contribution in [0.25, 0.3) is 0 Å². The number of halogens is 4. The molecular formula is C21H23F4N3O9P2. The predicted molar refractivity (Wildman–Crippen MR) is 126 cm³/mol. The van der Waals surface area contributed by atoms with Crippen molar-refractivity contribution < 1.29 is 60.6 Å². The summed E-state index contributed by atoms with van der Waals surface area (Å²) in [5.74, 6) is -2.61. The molecule has 3 amide bonds. The summed E-state index contributed by atoms with van der Waals surface area (Å²) < 4.78 is 76.8. The summed E-state index contributed by atoms with van der Waals surface area (Å²) in [5.41, 5.74) is -5.13. The third kappa shape index (κ3) is 8.18. The summed E-state index contributed by atoms with van der Waals surface area (Å²) in [6, 6.07) is 5.84. The van der Waals surface area contributed by atoms with Gasteiger partial charge in [-0.3, -0.25) is 23.5 Å². The molecule has 0 fully saturated rings. The second-order valence-electron chi connectivity index (χ2n) is 8.24. The molecule has 0 aliphatic carbocycles. The van der Waals surface area contributed by atoms with E-state index in [4.69, 9.17) is 25.3 Å². The lowest BCUT2D eigenvalue weighted by Crippen LogP contribution is -2.49. The number of hydrogen-bond donors (Lipinski definition) is 7. The van der Waals surface area contributed by atoms with Gasteiger partial charge in [0, 0.05) is 17.5 Å². The first kappa shape index (κ1) is 32.1. The summed E-state index contributed by atoms with van der Waals surface area (Å²) >= 11 is 0. The SMILES string of the molecule is NC(=O)[C@H](Cc1ccc(C(F)(F)P(=O)(O)O)cc1)NC(=O)CNC(=O)Cc1ccc(C(F)(F)P(=O)(O)O)cc1. The Morgan fingerprint density at radius 2 is 1.18 bits per heavy atom. The lowest BCUT2D eigenvalue weighted by atomic mass is 10.0. The molecule has 0 saturated heterocycles. The third-order valence-corrected chi connectivity index (χ3v) is 7.24. The van der Waals surface area contributed by atoms with E-state index in [1.165, 1.54) is 0 Å². The fourth-order valence-corrected chi connectivity index (χ4v) is 4.10. The lowest BCUT2D eigenvalue weighted by molar-refractivity contribution is -0.128. The lowest BCUT2D eigenvalue weighted by Gasteiger charge is -2.19. The zero-order chi connectivity index (χ0) is 29.8. The van der Waals surface area contributed by atoms with E-state index < -0.39 is 68.0 Å². The van der Waals surface area contributed by atoms with Crippen LogP contribution in [0.15, 0.2) is 48.5 Å². The number of carbonyl (C=O) groups excluding carboxylic acids is 3. The van der Waals surface area contributed by atoms with Crippen LogP contribution in [0.1, 0.15) is 22.3 Å². The van der Waals surface area contributed by atoms with Crippen LogP contribution in [-0.2, 0) is 47.7 Å². The minimum absolute atomic E-state index is 0.181. The van der Waals surface area contributed by atoms with Crippen molar-refractivity contribution in [2.45, 2.75) is 30.2 Å². The number of benzene rings is 2. The monoisotopic (exact) mass is 599 g/mol.